The third-order valence-electron chi connectivity index (χ3n) is 3.03. The number of pyridine rings is 1. The first-order valence-electron chi connectivity index (χ1n) is 6.23. The molecule has 6 nitrogen and oxygen atoms in total. The Morgan fingerprint density at radius 1 is 1.42 bits per heavy atom. The average Bonchev–Trinajstić information content (AvgIpc) is 2.83. The van der Waals surface area contributed by atoms with Crippen molar-refractivity contribution in [3.05, 3.63) is 41.0 Å². The van der Waals surface area contributed by atoms with Crippen molar-refractivity contribution in [3.8, 4) is 0 Å². The quantitative estimate of drug-likeness (QED) is 0.875. The number of nitrogens with one attached hydrogen (secondary N) is 2. The third-order valence-corrected chi connectivity index (χ3v) is 3.03. The van der Waals surface area contributed by atoms with Crippen LogP contribution in [-0.2, 0) is 0 Å². The fraction of sp³-hybridized carbons (Fsp3) is 0.385. The highest BCUT2D eigenvalue weighted by Gasteiger charge is 2.19. The lowest BCUT2D eigenvalue weighted by molar-refractivity contribution is 0.0929. The summed E-state index contributed by atoms with van der Waals surface area (Å²) < 4.78 is 0. The predicted octanol–water partition coefficient (Wildman–Crippen LogP) is 1.70. The van der Waals surface area contributed by atoms with Crippen LogP contribution in [0.3, 0.4) is 0 Å². The summed E-state index contributed by atoms with van der Waals surface area (Å²) >= 11 is 0. The number of hydrogen-bond donors (Lipinski definition) is 2. The molecule has 1 atom stereocenters. The summed E-state index contributed by atoms with van der Waals surface area (Å²) in [5.74, 6) is -0.233. The van der Waals surface area contributed by atoms with Crippen molar-refractivity contribution in [3.63, 3.8) is 0 Å². The predicted molar refractivity (Wildman–Crippen MR) is 70.6 cm³/mol. The number of rotatable bonds is 4. The molecule has 2 aromatic heterocycles. The number of aromatic amines is 1. The Labute approximate surface area is 111 Å². The number of carbonyl (C=O) groups is 1. The summed E-state index contributed by atoms with van der Waals surface area (Å²) in [6.45, 7) is 5.73. The maximum absolute atomic E-state index is 12.1. The molecule has 0 saturated heterocycles. The van der Waals surface area contributed by atoms with E-state index in [2.05, 4.69) is 25.7 Å². The first kappa shape index (κ1) is 13.2. The molecule has 0 bridgehead atoms. The summed E-state index contributed by atoms with van der Waals surface area (Å²) in [5.41, 5.74) is 2.86. The van der Waals surface area contributed by atoms with Gasteiger partial charge in [0.05, 0.1) is 17.4 Å². The molecule has 6 heteroatoms. The Morgan fingerprint density at radius 3 is 2.79 bits per heavy atom. The van der Waals surface area contributed by atoms with Crippen molar-refractivity contribution in [2.75, 3.05) is 0 Å². The molecular formula is C13H17N5O. The molecule has 0 aliphatic heterocycles. The zero-order valence-corrected chi connectivity index (χ0v) is 11.3. The van der Waals surface area contributed by atoms with Crippen LogP contribution in [-0.4, -0.2) is 26.3 Å². The molecule has 0 saturated carbocycles. The van der Waals surface area contributed by atoms with Crippen molar-refractivity contribution in [1.29, 1.82) is 0 Å². The molecule has 2 rings (SSSR count). The van der Waals surface area contributed by atoms with E-state index in [1.54, 1.807) is 13.1 Å². The van der Waals surface area contributed by atoms with Crippen LogP contribution in [0, 0.1) is 13.8 Å². The lowest BCUT2D eigenvalue weighted by Gasteiger charge is -2.17. The highest BCUT2D eigenvalue weighted by molar-refractivity contribution is 5.93. The van der Waals surface area contributed by atoms with Crippen molar-refractivity contribution < 1.29 is 4.79 Å². The molecule has 0 aromatic carbocycles. The van der Waals surface area contributed by atoms with Crippen molar-refractivity contribution in [2.45, 2.75) is 33.2 Å². The van der Waals surface area contributed by atoms with E-state index in [9.17, 15) is 4.79 Å². The van der Waals surface area contributed by atoms with Crippen molar-refractivity contribution >= 4 is 5.91 Å². The molecule has 0 spiro atoms. The second kappa shape index (κ2) is 5.60. The van der Waals surface area contributed by atoms with Crippen LogP contribution in [0.5, 0.6) is 0 Å². The van der Waals surface area contributed by atoms with E-state index in [0.717, 1.165) is 17.7 Å². The van der Waals surface area contributed by atoms with Gasteiger partial charge in [-0.1, -0.05) is 13.0 Å². The molecular weight excluding hydrogens is 242 g/mol. The van der Waals surface area contributed by atoms with Crippen LogP contribution in [0.4, 0.5) is 0 Å². The monoisotopic (exact) mass is 259 g/mol. The number of hydrogen-bond acceptors (Lipinski definition) is 4. The number of nitrogens with zero attached hydrogens (tertiary/aromatic N) is 3. The molecule has 0 unspecified atom stereocenters. The Bertz CT molecular complexity index is 578. The van der Waals surface area contributed by atoms with Gasteiger partial charge < -0.3 is 5.32 Å². The van der Waals surface area contributed by atoms with Crippen LogP contribution in [0.15, 0.2) is 18.3 Å². The summed E-state index contributed by atoms with van der Waals surface area (Å²) in [5, 5.41) is 13.1. The van der Waals surface area contributed by atoms with E-state index >= 15 is 0 Å². The first-order valence-corrected chi connectivity index (χ1v) is 6.23. The number of carbonyl (C=O) groups excluding carboxylic acids is 1. The lowest BCUT2D eigenvalue weighted by Crippen LogP contribution is -2.30. The maximum Gasteiger partial charge on any atom is 0.274 e. The Kier molecular flexibility index (Phi) is 3.89. The Balaban J connectivity index is 2.19. The van der Waals surface area contributed by atoms with Gasteiger partial charge in [0.15, 0.2) is 5.69 Å². The minimum atomic E-state index is -0.233. The topological polar surface area (TPSA) is 83.6 Å². The van der Waals surface area contributed by atoms with Gasteiger partial charge in [-0.25, -0.2) is 0 Å². The van der Waals surface area contributed by atoms with Crippen molar-refractivity contribution in [1.82, 2.24) is 25.7 Å². The molecule has 0 aliphatic rings. The minimum absolute atomic E-state index is 0.121. The SMILES string of the molecule is CC[C@@H](NC(=O)c1n[nH]nc1C)c1ncccc1C. The molecule has 19 heavy (non-hydrogen) atoms. The normalized spacial score (nSPS) is 12.2. The highest BCUT2D eigenvalue weighted by atomic mass is 16.2. The van der Waals surface area contributed by atoms with Crippen LogP contribution >= 0.6 is 0 Å². The average molecular weight is 259 g/mol. The van der Waals surface area contributed by atoms with E-state index in [0.29, 0.717) is 11.4 Å². The standard InChI is InChI=1S/C13H17N5O/c1-4-10(11-8(2)6-5-7-14-11)15-13(19)12-9(3)16-18-17-12/h5-7,10H,4H2,1-3H3,(H,15,19)(H,16,17,18)/t10-/m1/s1. The second-order valence-electron chi connectivity index (χ2n) is 4.40. The van der Waals surface area contributed by atoms with E-state index in [4.69, 9.17) is 0 Å². The Hall–Kier alpha value is -2.24. The van der Waals surface area contributed by atoms with Gasteiger partial charge in [-0.05, 0) is 31.9 Å². The van der Waals surface area contributed by atoms with Gasteiger partial charge in [-0.3, -0.25) is 9.78 Å². The minimum Gasteiger partial charge on any atom is -0.342 e. The van der Waals surface area contributed by atoms with Crippen LogP contribution in [0.1, 0.15) is 46.8 Å². The van der Waals surface area contributed by atoms with E-state index < -0.39 is 0 Å². The lowest BCUT2D eigenvalue weighted by atomic mass is 10.1. The molecule has 2 N–H and O–H groups in total. The van der Waals surface area contributed by atoms with Gasteiger partial charge in [0.1, 0.15) is 0 Å². The van der Waals surface area contributed by atoms with Crippen LogP contribution in [0.2, 0.25) is 0 Å². The van der Waals surface area contributed by atoms with Crippen LogP contribution in [0.25, 0.3) is 0 Å². The molecule has 100 valence electrons. The van der Waals surface area contributed by atoms with Gasteiger partial charge >= 0.3 is 0 Å². The number of aryl methyl sites for hydroxylation is 2. The van der Waals surface area contributed by atoms with Gasteiger partial charge in [-0.2, -0.15) is 15.4 Å². The van der Waals surface area contributed by atoms with Crippen LogP contribution < -0.4 is 5.32 Å². The number of H-pyrrole nitrogens is 1. The molecule has 2 aromatic rings. The molecule has 2 heterocycles. The fourth-order valence-corrected chi connectivity index (χ4v) is 1.95. The van der Waals surface area contributed by atoms with Gasteiger partial charge in [0.25, 0.3) is 5.91 Å². The first-order chi connectivity index (χ1) is 9.13. The number of aromatic nitrogens is 4. The molecule has 0 fully saturated rings. The summed E-state index contributed by atoms with van der Waals surface area (Å²) in [6, 6.07) is 3.75. The third kappa shape index (κ3) is 2.78. The molecule has 0 aliphatic carbocycles. The zero-order chi connectivity index (χ0) is 13.8. The highest BCUT2D eigenvalue weighted by Crippen LogP contribution is 2.18. The van der Waals surface area contributed by atoms with E-state index in [1.165, 1.54) is 0 Å². The zero-order valence-electron chi connectivity index (χ0n) is 11.3. The summed E-state index contributed by atoms with van der Waals surface area (Å²) in [6.07, 6.45) is 2.50. The van der Waals surface area contributed by atoms with E-state index in [-0.39, 0.29) is 11.9 Å². The smallest absolute Gasteiger partial charge is 0.274 e. The second-order valence-corrected chi connectivity index (χ2v) is 4.40. The Morgan fingerprint density at radius 2 is 2.21 bits per heavy atom. The largest absolute Gasteiger partial charge is 0.342 e. The maximum atomic E-state index is 12.1. The van der Waals surface area contributed by atoms with Gasteiger partial charge in [0.2, 0.25) is 0 Å². The molecule has 0 radical (unpaired) electrons. The van der Waals surface area contributed by atoms with E-state index in [1.807, 2.05) is 26.0 Å². The number of amides is 1. The van der Waals surface area contributed by atoms with Gasteiger partial charge in [-0.15, -0.1) is 0 Å². The summed E-state index contributed by atoms with van der Waals surface area (Å²) in [7, 11) is 0. The summed E-state index contributed by atoms with van der Waals surface area (Å²) in [4.78, 5) is 16.5. The molecule has 1 amide bonds. The van der Waals surface area contributed by atoms with Crippen molar-refractivity contribution in [2.24, 2.45) is 0 Å². The fourth-order valence-electron chi connectivity index (χ4n) is 1.95. The van der Waals surface area contributed by atoms with Gasteiger partial charge in [0, 0.05) is 6.20 Å².